The van der Waals surface area contributed by atoms with E-state index in [0.717, 1.165) is 0 Å². The Morgan fingerprint density at radius 1 is 1.00 bits per heavy atom. The third-order valence-electron chi connectivity index (χ3n) is 3.34. The number of aliphatic hydroxyl groups is 4. The van der Waals surface area contributed by atoms with E-state index in [1.54, 1.807) is 0 Å². The maximum Gasteiger partial charge on any atom is 1.00 e. The van der Waals surface area contributed by atoms with Crippen LogP contribution in [0.25, 0.3) is 0 Å². The molecule has 0 aromatic carbocycles. The van der Waals surface area contributed by atoms with Crippen molar-refractivity contribution in [3.63, 3.8) is 0 Å². The predicted octanol–water partition coefficient (Wildman–Crippen LogP) is -0.409. The standard InChI is InChI=1S/C6H12O5S.C6H15P.Au/c7-1-2-3(8)4(9)5(12)6(10)11-2;1-4-7(5-2)6-3;/h2-10,12H,1H2;4-6H2,1-3H3;/q;;+1/t2?,3-,4+,5?,6-;;/m1../s1. The van der Waals surface area contributed by atoms with E-state index in [1.807, 2.05) is 0 Å². The molecule has 5 nitrogen and oxygen atoms in total. The van der Waals surface area contributed by atoms with Crippen molar-refractivity contribution < 1.29 is 47.5 Å². The molecular formula is C12H27AuO5PS+. The van der Waals surface area contributed by atoms with Crippen LogP contribution in [0.4, 0.5) is 0 Å². The molecule has 1 rings (SSSR count). The van der Waals surface area contributed by atoms with Gasteiger partial charge in [-0.05, 0) is 28.7 Å². The molecule has 126 valence electrons. The average molecular weight is 511 g/mol. The monoisotopic (exact) mass is 511 g/mol. The molecule has 0 saturated carbocycles. The number of hydrogen-bond acceptors (Lipinski definition) is 6. The van der Waals surface area contributed by atoms with Gasteiger partial charge < -0.3 is 37.8 Å². The molecular weight excluding hydrogens is 484 g/mol. The largest absolute Gasteiger partial charge is 1.00 e. The predicted molar refractivity (Wildman–Crippen MR) is 81.1 cm³/mol. The van der Waals surface area contributed by atoms with Gasteiger partial charge in [-0.15, -0.1) is 0 Å². The number of ether oxygens (including phenoxy) is 1. The van der Waals surface area contributed by atoms with Gasteiger partial charge in [-0.2, -0.15) is 0 Å². The quantitative estimate of drug-likeness (QED) is 0.233. The molecule has 0 aliphatic carbocycles. The zero-order valence-electron chi connectivity index (χ0n) is 12.1. The van der Waals surface area contributed by atoms with E-state index < -0.39 is 36.5 Å². The van der Waals surface area contributed by atoms with Gasteiger partial charge in [-0.25, -0.2) is 0 Å². The average Bonchev–Trinajstić information content (AvgIpc) is 2.43. The van der Waals surface area contributed by atoms with Crippen molar-refractivity contribution in [1.82, 2.24) is 0 Å². The summed E-state index contributed by atoms with van der Waals surface area (Å²) in [4.78, 5) is 0. The minimum absolute atomic E-state index is 0. The minimum atomic E-state index is -1.31. The number of aliphatic hydroxyl groups excluding tert-OH is 4. The molecule has 1 aliphatic rings. The van der Waals surface area contributed by atoms with Crippen LogP contribution in [-0.4, -0.2) is 75.4 Å². The molecule has 1 fully saturated rings. The summed E-state index contributed by atoms with van der Waals surface area (Å²) < 4.78 is 4.72. The minimum Gasteiger partial charge on any atom is -0.782 e. The Morgan fingerprint density at radius 2 is 1.45 bits per heavy atom. The summed E-state index contributed by atoms with van der Waals surface area (Å²) in [5.41, 5.74) is 0. The number of hydrogen-bond donors (Lipinski definition) is 4. The first-order chi connectivity index (χ1) is 8.92. The summed E-state index contributed by atoms with van der Waals surface area (Å²) in [6, 6.07) is 0. The molecule has 8 heteroatoms. The van der Waals surface area contributed by atoms with E-state index in [0.29, 0.717) is 0 Å². The van der Waals surface area contributed by atoms with Crippen molar-refractivity contribution in [1.29, 1.82) is 0 Å². The summed E-state index contributed by atoms with van der Waals surface area (Å²) in [6.45, 7) is 6.46. The molecule has 1 heterocycles. The molecule has 1 saturated heterocycles. The molecule has 0 radical (unpaired) electrons. The van der Waals surface area contributed by atoms with Gasteiger partial charge >= 0.3 is 22.4 Å². The van der Waals surface area contributed by atoms with Crippen molar-refractivity contribution in [2.75, 3.05) is 25.1 Å². The molecule has 0 aromatic heterocycles. The van der Waals surface area contributed by atoms with Crippen LogP contribution in [0.1, 0.15) is 20.8 Å². The normalized spacial score (nSPS) is 33.1. The van der Waals surface area contributed by atoms with E-state index in [2.05, 4.69) is 33.4 Å². The van der Waals surface area contributed by atoms with Gasteiger partial charge in [-0.1, -0.05) is 5.25 Å². The molecule has 0 bridgehead atoms. The summed E-state index contributed by atoms with van der Waals surface area (Å²) in [5, 5.41) is 35.2. The Bertz CT molecular complexity index is 226. The van der Waals surface area contributed by atoms with Gasteiger partial charge in [0.15, 0.2) is 0 Å². The van der Waals surface area contributed by atoms with Gasteiger partial charge in [0.2, 0.25) is 0 Å². The molecule has 0 amide bonds. The molecule has 4 N–H and O–H groups in total. The maximum absolute atomic E-state index is 9.21. The van der Waals surface area contributed by atoms with E-state index in [1.165, 1.54) is 18.5 Å². The zero-order valence-corrected chi connectivity index (χ0v) is 16.1. The van der Waals surface area contributed by atoms with Gasteiger partial charge in [0.1, 0.15) is 18.5 Å². The summed E-state index contributed by atoms with van der Waals surface area (Å²) in [6.07, 6.45) is -0.376. The summed E-state index contributed by atoms with van der Waals surface area (Å²) in [5.74, 6) is 0. The van der Waals surface area contributed by atoms with Crippen LogP contribution in [0.3, 0.4) is 0 Å². The fourth-order valence-corrected chi connectivity index (χ4v) is 3.55. The number of rotatable bonds is 4. The Morgan fingerprint density at radius 3 is 1.75 bits per heavy atom. The van der Waals surface area contributed by atoms with Crippen molar-refractivity contribution in [3.8, 4) is 0 Å². The first-order valence-corrected chi connectivity index (χ1v) is 9.31. The van der Waals surface area contributed by atoms with E-state index in [-0.39, 0.29) is 30.3 Å². The van der Waals surface area contributed by atoms with Crippen LogP contribution in [0.15, 0.2) is 0 Å². The molecule has 1 aliphatic heterocycles. The fraction of sp³-hybridized carbons (Fsp3) is 1.00. The smallest absolute Gasteiger partial charge is 0.782 e. The Balaban J connectivity index is 0. The maximum atomic E-state index is 9.21. The Kier molecular flexibility index (Phi) is 15.1. The van der Waals surface area contributed by atoms with Crippen LogP contribution >= 0.6 is 7.92 Å². The van der Waals surface area contributed by atoms with Gasteiger partial charge in [0.05, 0.1) is 31.2 Å². The van der Waals surface area contributed by atoms with Crippen LogP contribution in [0, 0.1) is 0 Å². The molecule has 2 unspecified atom stereocenters. The second-order valence-corrected chi connectivity index (χ2v) is 8.67. The van der Waals surface area contributed by atoms with Crippen molar-refractivity contribution in [2.24, 2.45) is 0 Å². The second kappa shape index (κ2) is 12.8. The van der Waals surface area contributed by atoms with Crippen LogP contribution in [0.5, 0.6) is 0 Å². The van der Waals surface area contributed by atoms with E-state index in [9.17, 15) is 10.2 Å². The van der Waals surface area contributed by atoms with E-state index >= 15 is 0 Å². The van der Waals surface area contributed by atoms with Crippen LogP contribution in [0.2, 0.25) is 0 Å². The second-order valence-electron chi connectivity index (χ2n) is 4.50. The third-order valence-corrected chi connectivity index (χ3v) is 6.85. The Labute approximate surface area is 143 Å². The topological polar surface area (TPSA) is 90.2 Å². The molecule has 5 atom stereocenters. The fourth-order valence-electron chi connectivity index (χ4n) is 1.82. The molecule has 0 aromatic rings. The van der Waals surface area contributed by atoms with Crippen LogP contribution < -0.4 is 0 Å². The molecule has 20 heavy (non-hydrogen) atoms. The third kappa shape index (κ3) is 7.54. The zero-order chi connectivity index (χ0) is 15.0. The first kappa shape index (κ1) is 23.6. The van der Waals surface area contributed by atoms with Crippen molar-refractivity contribution >= 4 is 20.6 Å². The SMILES string of the molecule is CC[PH+](CC)CC.OCC1O[C@@H](O)C([S-])[C@@H](O)[C@@H]1O.[Au+]. The van der Waals surface area contributed by atoms with Crippen molar-refractivity contribution in [3.05, 3.63) is 0 Å². The van der Waals surface area contributed by atoms with Gasteiger partial charge in [0, 0.05) is 0 Å². The van der Waals surface area contributed by atoms with Crippen LogP contribution in [-0.2, 0) is 39.7 Å². The Hall–Kier alpha value is 1.32. The first-order valence-electron chi connectivity index (χ1n) is 6.72. The van der Waals surface area contributed by atoms with Gasteiger partial charge in [-0.3, -0.25) is 0 Å². The summed E-state index contributed by atoms with van der Waals surface area (Å²) in [7, 11) is 0.137. The van der Waals surface area contributed by atoms with Crippen molar-refractivity contribution in [2.45, 2.75) is 50.6 Å². The molecule has 0 spiro atoms. The van der Waals surface area contributed by atoms with E-state index in [4.69, 9.17) is 14.9 Å². The summed E-state index contributed by atoms with van der Waals surface area (Å²) >= 11 is 4.65. The van der Waals surface area contributed by atoms with Gasteiger partial charge in [0.25, 0.3) is 0 Å².